The van der Waals surface area contributed by atoms with Crippen LogP contribution in [0.1, 0.15) is 32.1 Å². The summed E-state index contributed by atoms with van der Waals surface area (Å²) in [6.45, 7) is 0.0714. The van der Waals surface area contributed by atoms with Gasteiger partial charge in [0.15, 0.2) is 0 Å². The highest BCUT2D eigenvalue weighted by molar-refractivity contribution is 5.87. The molecule has 126 valence electrons. The standard InChI is InChI=1S/C15H19NO7/c17-13(18)5-6-14(19)22-9-11-3-4-12(23-11)16-7-1-2-10(8-16)15(20)21/h1,7-8,11-12H,2-6,9H2,(H,17,18)(H,20,21). The first-order chi connectivity index (χ1) is 11.0. The number of hydrogen-bond acceptors (Lipinski definition) is 6. The Morgan fingerprint density at radius 1 is 1.26 bits per heavy atom. The zero-order chi connectivity index (χ0) is 16.8. The van der Waals surface area contributed by atoms with Gasteiger partial charge in [0.05, 0.1) is 24.5 Å². The van der Waals surface area contributed by atoms with Gasteiger partial charge < -0.3 is 24.6 Å². The molecule has 2 aliphatic heterocycles. The third kappa shape index (κ3) is 5.10. The summed E-state index contributed by atoms with van der Waals surface area (Å²) >= 11 is 0. The fraction of sp³-hybridized carbons (Fsp3) is 0.533. The van der Waals surface area contributed by atoms with Crippen molar-refractivity contribution < 1.29 is 34.1 Å². The number of ether oxygens (including phenoxy) is 2. The SMILES string of the molecule is O=C(O)CCC(=O)OCC1CCC(N2C=CCC(C(=O)O)=C2)O1. The Kier molecular flexibility index (Phi) is 5.75. The van der Waals surface area contributed by atoms with Crippen LogP contribution in [0.15, 0.2) is 24.0 Å². The maximum absolute atomic E-state index is 11.4. The summed E-state index contributed by atoms with van der Waals surface area (Å²) in [7, 11) is 0. The van der Waals surface area contributed by atoms with Gasteiger partial charge >= 0.3 is 17.9 Å². The molecule has 0 bridgehead atoms. The summed E-state index contributed by atoms with van der Waals surface area (Å²) < 4.78 is 10.7. The van der Waals surface area contributed by atoms with Gasteiger partial charge in [-0.25, -0.2) is 4.79 Å². The molecule has 1 saturated heterocycles. The summed E-state index contributed by atoms with van der Waals surface area (Å²) in [4.78, 5) is 34.4. The quantitative estimate of drug-likeness (QED) is 0.669. The third-order valence-electron chi connectivity index (χ3n) is 3.59. The molecule has 0 aromatic rings. The Bertz CT molecular complexity index is 540. The first kappa shape index (κ1) is 17.0. The number of carboxylic acid groups (broad SMARTS) is 2. The Morgan fingerprint density at radius 3 is 2.74 bits per heavy atom. The lowest BCUT2D eigenvalue weighted by molar-refractivity contribution is -0.151. The molecular weight excluding hydrogens is 306 g/mol. The van der Waals surface area contributed by atoms with Gasteiger partial charge in [0.2, 0.25) is 0 Å². The molecule has 1 fully saturated rings. The average molecular weight is 325 g/mol. The van der Waals surface area contributed by atoms with Gasteiger partial charge in [0.25, 0.3) is 0 Å². The first-order valence-electron chi connectivity index (χ1n) is 7.36. The zero-order valence-electron chi connectivity index (χ0n) is 12.5. The van der Waals surface area contributed by atoms with Gasteiger partial charge in [-0.1, -0.05) is 6.08 Å². The molecule has 0 aliphatic carbocycles. The van der Waals surface area contributed by atoms with E-state index in [0.29, 0.717) is 24.8 Å². The van der Waals surface area contributed by atoms with E-state index in [2.05, 4.69) is 0 Å². The Balaban J connectivity index is 1.77. The van der Waals surface area contributed by atoms with E-state index in [9.17, 15) is 14.4 Å². The number of carbonyl (C=O) groups is 3. The molecule has 8 nitrogen and oxygen atoms in total. The number of carbonyl (C=O) groups excluding carboxylic acids is 1. The van der Waals surface area contributed by atoms with Crippen LogP contribution in [0.4, 0.5) is 0 Å². The maximum Gasteiger partial charge on any atom is 0.333 e. The molecule has 2 heterocycles. The van der Waals surface area contributed by atoms with E-state index < -0.39 is 17.9 Å². The summed E-state index contributed by atoms with van der Waals surface area (Å²) in [6, 6.07) is 0. The van der Waals surface area contributed by atoms with Gasteiger partial charge in [-0.2, -0.15) is 0 Å². The molecule has 0 spiro atoms. The summed E-state index contributed by atoms with van der Waals surface area (Å²) in [6.07, 6.45) is 5.85. The summed E-state index contributed by atoms with van der Waals surface area (Å²) in [5, 5.41) is 17.5. The first-order valence-corrected chi connectivity index (χ1v) is 7.36. The fourth-order valence-corrected chi connectivity index (χ4v) is 2.39. The molecule has 0 radical (unpaired) electrons. The predicted molar refractivity (Wildman–Crippen MR) is 77.0 cm³/mol. The van der Waals surface area contributed by atoms with Crippen molar-refractivity contribution in [1.82, 2.24) is 4.90 Å². The van der Waals surface area contributed by atoms with Crippen LogP contribution < -0.4 is 0 Å². The van der Waals surface area contributed by atoms with Crippen LogP contribution in [0.2, 0.25) is 0 Å². The van der Waals surface area contributed by atoms with E-state index in [4.69, 9.17) is 19.7 Å². The smallest absolute Gasteiger partial charge is 0.333 e. The van der Waals surface area contributed by atoms with Crippen LogP contribution in [-0.4, -0.2) is 52.0 Å². The number of esters is 1. The molecular formula is C15H19NO7. The largest absolute Gasteiger partial charge is 0.481 e. The Labute approximate surface area is 133 Å². The molecule has 2 N–H and O–H groups in total. The zero-order valence-corrected chi connectivity index (χ0v) is 12.5. The second-order valence-electron chi connectivity index (χ2n) is 5.36. The highest BCUT2D eigenvalue weighted by Crippen LogP contribution is 2.26. The van der Waals surface area contributed by atoms with E-state index in [-0.39, 0.29) is 31.8 Å². The van der Waals surface area contributed by atoms with E-state index in [1.54, 1.807) is 23.4 Å². The second kappa shape index (κ2) is 7.77. The number of nitrogens with zero attached hydrogens (tertiary/aromatic N) is 1. The Morgan fingerprint density at radius 2 is 2.04 bits per heavy atom. The van der Waals surface area contributed by atoms with Gasteiger partial charge in [-0.3, -0.25) is 9.59 Å². The van der Waals surface area contributed by atoms with Crippen molar-refractivity contribution in [1.29, 1.82) is 0 Å². The van der Waals surface area contributed by atoms with Crippen LogP contribution in [0.5, 0.6) is 0 Å². The van der Waals surface area contributed by atoms with Crippen LogP contribution in [-0.2, 0) is 23.9 Å². The van der Waals surface area contributed by atoms with Gasteiger partial charge in [0.1, 0.15) is 12.8 Å². The fourth-order valence-electron chi connectivity index (χ4n) is 2.39. The monoisotopic (exact) mass is 325 g/mol. The lowest BCUT2D eigenvalue weighted by atomic mass is 10.1. The molecule has 23 heavy (non-hydrogen) atoms. The van der Waals surface area contributed by atoms with Crippen LogP contribution >= 0.6 is 0 Å². The predicted octanol–water partition coefficient (Wildman–Crippen LogP) is 1.09. The molecule has 0 saturated carbocycles. The normalized spacial score (nSPS) is 23.5. The van der Waals surface area contributed by atoms with E-state index in [0.717, 1.165) is 0 Å². The van der Waals surface area contributed by atoms with Crippen LogP contribution in [0.25, 0.3) is 0 Å². The molecule has 8 heteroatoms. The molecule has 0 amide bonds. The molecule has 0 aromatic heterocycles. The lowest BCUT2D eigenvalue weighted by Crippen LogP contribution is -2.30. The molecule has 2 unspecified atom stereocenters. The molecule has 0 aromatic carbocycles. The number of hydrogen-bond donors (Lipinski definition) is 2. The van der Waals surface area contributed by atoms with Crippen molar-refractivity contribution in [2.75, 3.05) is 6.61 Å². The number of carboxylic acids is 2. The number of aliphatic carboxylic acids is 2. The van der Waals surface area contributed by atoms with Crippen molar-refractivity contribution in [3.63, 3.8) is 0 Å². The van der Waals surface area contributed by atoms with Crippen molar-refractivity contribution in [2.45, 2.75) is 44.4 Å². The summed E-state index contributed by atoms with van der Waals surface area (Å²) in [5.41, 5.74) is 0.291. The average Bonchev–Trinajstić information content (AvgIpc) is 3.00. The third-order valence-corrected chi connectivity index (χ3v) is 3.59. The second-order valence-corrected chi connectivity index (χ2v) is 5.36. The van der Waals surface area contributed by atoms with Crippen molar-refractivity contribution >= 4 is 17.9 Å². The van der Waals surface area contributed by atoms with Crippen LogP contribution in [0, 0.1) is 0 Å². The van der Waals surface area contributed by atoms with Gasteiger partial charge in [0, 0.05) is 18.8 Å². The van der Waals surface area contributed by atoms with E-state index in [1.165, 1.54) is 0 Å². The molecule has 2 rings (SSSR count). The minimum atomic E-state index is -1.04. The minimum Gasteiger partial charge on any atom is -0.481 e. The number of rotatable bonds is 7. The van der Waals surface area contributed by atoms with Crippen LogP contribution in [0.3, 0.4) is 0 Å². The Hall–Kier alpha value is -2.35. The topological polar surface area (TPSA) is 113 Å². The van der Waals surface area contributed by atoms with Gasteiger partial charge in [-0.15, -0.1) is 0 Å². The molecule has 2 atom stereocenters. The van der Waals surface area contributed by atoms with Crippen molar-refractivity contribution in [3.05, 3.63) is 24.0 Å². The van der Waals surface area contributed by atoms with Crippen molar-refractivity contribution in [2.24, 2.45) is 0 Å². The summed E-state index contributed by atoms with van der Waals surface area (Å²) in [5.74, 6) is -2.57. The maximum atomic E-state index is 11.4. The lowest BCUT2D eigenvalue weighted by Gasteiger charge is -2.26. The van der Waals surface area contributed by atoms with E-state index >= 15 is 0 Å². The van der Waals surface area contributed by atoms with Gasteiger partial charge in [-0.05, 0) is 12.8 Å². The highest BCUT2D eigenvalue weighted by Gasteiger charge is 2.30. The minimum absolute atomic E-state index is 0.0714. The van der Waals surface area contributed by atoms with Crippen molar-refractivity contribution in [3.8, 4) is 0 Å². The number of allylic oxidation sites excluding steroid dienone is 1. The van der Waals surface area contributed by atoms with E-state index in [1.807, 2.05) is 0 Å². The molecule has 2 aliphatic rings. The highest BCUT2D eigenvalue weighted by atomic mass is 16.6.